The van der Waals surface area contributed by atoms with Crippen molar-refractivity contribution >= 4 is 33.1 Å². The molecule has 0 fully saturated rings. The van der Waals surface area contributed by atoms with Crippen LogP contribution in [0.1, 0.15) is 21.8 Å². The maximum absolute atomic E-state index is 4.84. The Kier molecular flexibility index (Phi) is 3.96. The van der Waals surface area contributed by atoms with E-state index in [0.717, 1.165) is 38.7 Å². The third-order valence-corrected chi connectivity index (χ3v) is 5.80. The van der Waals surface area contributed by atoms with Gasteiger partial charge in [0.15, 0.2) is 5.82 Å². The Hall–Kier alpha value is -2.80. The van der Waals surface area contributed by atoms with Crippen LogP contribution in [0.2, 0.25) is 0 Å². The van der Waals surface area contributed by atoms with Gasteiger partial charge in [0.2, 0.25) is 0 Å². The summed E-state index contributed by atoms with van der Waals surface area (Å²) in [5, 5.41) is 9.09. The van der Waals surface area contributed by atoms with Gasteiger partial charge in [0.05, 0.1) is 22.5 Å². The van der Waals surface area contributed by atoms with Gasteiger partial charge in [-0.1, -0.05) is 0 Å². The lowest BCUT2D eigenvalue weighted by Gasteiger charge is -2.10. The molecule has 0 atom stereocenters. The smallest absolute Gasteiger partial charge is 0.164 e. The van der Waals surface area contributed by atoms with E-state index in [2.05, 4.69) is 36.2 Å². The van der Waals surface area contributed by atoms with Gasteiger partial charge in [0.25, 0.3) is 0 Å². The topological polar surface area (TPSA) is 68.5 Å². The highest BCUT2D eigenvalue weighted by Crippen LogP contribution is 2.36. The Balaban J connectivity index is 1.94. The van der Waals surface area contributed by atoms with Gasteiger partial charge in [0.1, 0.15) is 10.6 Å². The number of rotatable bonds is 3. The normalized spacial score (nSPS) is 11.3. The maximum atomic E-state index is 4.84. The van der Waals surface area contributed by atoms with Crippen LogP contribution >= 0.6 is 11.3 Å². The molecule has 7 heteroatoms. The second kappa shape index (κ2) is 6.17. The highest BCUT2D eigenvalue weighted by atomic mass is 32.1. The minimum atomic E-state index is 0.675. The zero-order chi connectivity index (χ0) is 18.4. The Labute approximate surface area is 156 Å². The van der Waals surface area contributed by atoms with Crippen molar-refractivity contribution in [3.63, 3.8) is 0 Å². The van der Waals surface area contributed by atoms with Gasteiger partial charge in [-0.3, -0.25) is 9.67 Å². The molecule has 4 rings (SSSR count). The van der Waals surface area contributed by atoms with Crippen molar-refractivity contribution < 1.29 is 0 Å². The van der Waals surface area contributed by atoms with Crippen LogP contribution in [0.15, 0.2) is 24.5 Å². The molecule has 0 aliphatic rings. The Bertz CT molecular complexity index is 1110. The van der Waals surface area contributed by atoms with E-state index >= 15 is 0 Å². The van der Waals surface area contributed by atoms with E-state index in [0.29, 0.717) is 5.82 Å². The molecule has 6 nitrogen and oxygen atoms in total. The van der Waals surface area contributed by atoms with E-state index in [-0.39, 0.29) is 0 Å². The Morgan fingerprint density at radius 3 is 2.58 bits per heavy atom. The predicted molar refractivity (Wildman–Crippen MR) is 106 cm³/mol. The first-order valence-electron chi connectivity index (χ1n) is 8.41. The van der Waals surface area contributed by atoms with E-state index in [1.807, 2.05) is 30.8 Å². The summed E-state index contributed by atoms with van der Waals surface area (Å²) in [5.74, 6) is 1.49. The van der Waals surface area contributed by atoms with Gasteiger partial charge < -0.3 is 5.32 Å². The third-order valence-electron chi connectivity index (χ3n) is 4.70. The minimum Gasteiger partial charge on any atom is -0.337 e. The lowest BCUT2D eigenvalue weighted by Crippen LogP contribution is -2.01. The highest BCUT2D eigenvalue weighted by molar-refractivity contribution is 7.18. The SMILES string of the molecule is Cc1nn(C)c(C)c1Nc1nc(-c2cccnc2)nc2sc(C)c(C)c12. The summed E-state index contributed by atoms with van der Waals surface area (Å²) in [4.78, 5) is 16.1. The van der Waals surface area contributed by atoms with Crippen molar-refractivity contribution in [2.75, 3.05) is 5.32 Å². The van der Waals surface area contributed by atoms with Crippen LogP contribution in [-0.4, -0.2) is 24.7 Å². The second-order valence-corrected chi connectivity index (χ2v) is 7.60. The van der Waals surface area contributed by atoms with Crippen molar-refractivity contribution in [3.8, 4) is 11.4 Å². The molecule has 0 unspecified atom stereocenters. The van der Waals surface area contributed by atoms with Crippen molar-refractivity contribution in [3.05, 3.63) is 46.4 Å². The summed E-state index contributed by atoms with van der Waals surface area (Å²) in [6.45, 7) is 8.29. The molecule has 1 N–H and O–H groups in total. The van der Waals surface area contributed by atoms with Crippen LogP contribution in [0.5, 0.6) is 0 Å². The molecule has 0 saturated heterocycles. The fourth-order valence-corrected chi connectivity index (χ4v) is 4.07. The third kappa shape index (κ3) is 2.64. The zero-order valence-electron chi connectivity index (χ0n) is 15.5. The molecular weight excluding hydrogens is 344 g/mol. The van der Waals surface area contributed by atoms with Crippen LogP contribution in [0.25, 0.3) is 21.6 Å². The van der Waals surface area contributed by atoms with Gasteiger partial charge in [0, 0.05) is 29.9 Å². The molecule has 0 spiro atoms. The summed E-state index contributed by atoms with van der Waals surface area (Å²) in [6, 6.07) is 3.88. The van der Waals surface area contributed by atoms with Gasteiger partial charge in [-0.2, -0.15) is 5.10 Å². The molecule has 4 aromatic heterocycles. The number of hydrogen-bond donors (Lipinski definition) is 1. The summed E-state index contributed by atoms with van der Waals surface area (Å²) >= 11 is 1.69. The van der Waals surface area contributed by atoms with Crippen molar-refractivity contribution in [1.29, 1.82) is 0 Å². The quantitative estimate of drug-likeness (QED) is 0.581. The molecule has 0 aliphatic heterocycles. The maximum Gasteiger partial charge on any atom is 0.164 e. The predicted octanol–water partition coefficient (Wildman–Crippen LogP) is 4.46. The van der Waals surface area contributed by atoms with E-state index in [1.54, 1.807) is 23.7 Å². The highest BCUT2D eigenvalue weighted by Gasteiger charge is 2.18. The second-order valence-electron chi connectivity index (χ2n) is 6.40. The van der Waals surface area contributed by atoms with Crippen molar-refractivity contribution in [2.45, 2.75) is 27.7 Å². The fraction of sp³-hybridized carbons (Fsp3) is 0.263. The molecule has 0 bridgehead atoms. The van der Waals surface area contributed by atoms with Crippen LogP contribution in [0.3, 0.4) is 0 Å². The number of aromatic nitrogens is 5. The molecule has 0 radical (unpaired) electrons. The lowest BCUT2D eigenvalue weighted by molar-refractivity contribution is 0.731. The first kappa shape index (κ1) is 16.7. The van der Waals surface area contributed by atoms with Gasteiger partial charge in [-0.05, 0) is 45.4 Å². The van der Waals surface area contributed by atoms with E-state index in [1.165, 1.54) is 10.4 Å². The lowest BCUT2D eigenvalue weighted by atomic mass is 10.2. The monoisotopic (exact) mass is 364 g/mol. The molecule has 132 valence electrons. The molecule has 4 aromatic rings. The number of nitrogens with one attached hydrogen (secondary N) is 1. The minimum absolute atomic E-state index is 0.675. The molecule has 0 aromatic carbocycles. The number of hydrogen-bond acceptors (Lipinski definition) is 6. The molecule has 26 heavy (non-hydrogen) atoms. The van der Waals surface area contributed by atoms with Crippen LogP contribution in [0, 0.1) is 27.7 Å². The molecular formula is C19H20N6S. The molecule has 0 aliphatic carbocycles. The average molecular weight is 364 g/mol. The van der Waals surface area contributed by atoms with Crippen molar-refractivity contribution in [1.82, 2.24) is 24.7 Å². The number of thiophene rings is 1. The molecule has 4 heterocycles. The number of nitrogens with zero attached hydrogens (tertiary/aromatic N) is 5. The van der Waals surface area contributed by atoms with Gasteiger partial charge in [-0.15, -0.1) is 11.3 Å². The zero-order valence-corrected chi connectivity index (χ0v) is 16.3. The van der Waals surface area contributed by atoms with E-state index in [9.17, 15) is 0 Å². The summed E-state index contributed by atoms with van der Waals surface area (Å²) in [6.07, 6.45) is 3.54. The number of pyridine rings is 1. The van der Waals surface area contributed by atoms with E-state index < -0.39 is 0 Å². The van der Waals surface area contributed by atoms with E-state index in [4.69, 9.17) is 9.97 Å². The van der Waals surface area contributed by atoms with Crippen LogP contribution < -0.4 is 5.32 Å². The number of aryl methyl sites for hydroxylation is 4. The number of fused-ring (bicyclic) bond motifs is 1. The standard InChI is InChI=1S/C19H20N6S/c1-10-13(4)26-19-15(10)18(21-16-11(2)24-25(5)12(16)3)22-17(23-19)14-7-6-8-20-9-14/h6-9H,1-5H3,(H,21,22,23). The van der Waals surface area contributed by atoms with Crippen molar-refractivity contribution in [2.24, 2.45) is 7.05 Å². The summed E-state index contributed by atoms with van der Waals surface area (Å²) in [5.41, 5.74) is 5.13. The largest absolute Gasteiger partial charge is 0.337 e. The average Bonchev–Trinajstić information content (AvgIpc) is 3.05. The Morgan fingerprint density at radius 1 is 1.12 bits per heavy atom. The van der Waals surface area contributed by atoms with Gasteiger partial charge >= 0.3 is 0 Å². The fourth-order valence-electron chi connectivity index (χ4n) is 3.04. The van der Waals surface area contributed by atoms with Crippen LogP contribution in [0.4, 0.5) is 11.5 Å². The first-order chi connectivity index (χ1) is 12.5. The molecule has 0 saturated carbocycles. The Morgan fingerprint density at radius 2 is 1.92 bits per heavy atom. The number of anilines is 2. The molecule has 0 amide bonds. The van der Waals surface area contributed by atoms with Crippen LogP contribution in [-0.2, 0) is 7.05 Å². The first-order valence-corrected chi connectivity index (χ1v) is 9.22. The summed E-state index contributed by atoms with van der Waals surface area (Å²) in [7, 11) is 1.95. The van der Waals surface area contributed by atoms with Gasteiger partial charge in [-0.25, -0.2) is 9.97 Å². The summed E-state index contributed by atoms with van der Waals surface area (Å²) < 4.78 is 1.88.